The molecule has 2 saturated heterocycles. The van der Waals surface area contributed by atoms with Gasteiger partial charge in [-0.3, -0.25) is 9.59 Å². The second-order valence-corrected chi connectivity index (χ2v) is 7.26. The Hall–Kier alpha value is -1.47. The summed E-state index contributed by atoms with van der Waals surface area (Å²) >= 11 is 3.09. The van der Waals surface area contributed by atoms with E-state index >= 15 is 0 Å². The Labute approximate surface area is 149 Å². The Morgan fingerprint density at radius 3 is 2.79 bits per heavy atom. The molecule has 3 rings (SSSR count). The summed E-state index contributed by atoms with van der Waals surface area (Å²) in [7, 11) is 0. The van der Waals surface area contributed by atoms with Crippen molar-refractivity contribution in [2.45, 2.75) is 25.3 Å². The first-order valence-corrected chi connectivity index (χ1v) is 9.10. The second-order valence-electron chi connectivity index (χ2n) is 6.41. The van der Waals surface area contributed by atoms with E-state index in [9.17, 15) is 14.0 Å². The highest BCUT2D eigenvalue weighted by Gasteiger charge is 2.33. The highest BCUT2D eigenvalue weighted by Crippen LogP contribution is 2.22. The van der Waals surface area contributed by atoms with Crippen LogP contribution < -0.4 is 10.6 Å². The van der Waals surface area contributed by atoms with Crippen LogP contribution in [0, 0.1) is 11.7 Å². The molecule has 0 radical (unpaired) electrons. The van der Waals surface area contributed by atoms with Crippen LogP contribution in [0.25, 0.3) is 0 Å². The molecule has 1 unspecified atom stereocenters. The average Bonchev–Trinajstić information content (AvgIpc) is 2.55. The lowest BCUT2D eigenvalue weighted by atomic mass is 9.99. The van der Waals surface area contributed by atoms with Crippen LogP contribution >= 0.6 is 15.9 Å². The van der Waals surface area contributed by atoms with Gasteiger partial charge in [0.2, 0.25) is 5.91 Å². The zero-order valence-electron chi connectivity index (χ0n) is 13.4. The lowest BCUT2D eigenvalue weighted by molar-refractivity contribution is -0.126. The van der Waals surface area contributed by atoms with Crippen molar-refractivity contribution >= 4 is 27.7 Å². The number of piperidine rings is 1. The molecule has 0 spiro atoms. The maximum Gasteiger partial charge on any atom is 0.254 e. The molecule has 0 saturated carbocycles. The fraction of sp³-hybridized carbons (Fsp3) is 0.529. The van der Waals surface area contributed by atoms with E-state index in [0.29, 0.717) is 29.9 Å². The summed E-state index contributed by atoms with van der Waals surface area (Å²) in [6, 6.07) is 3.85. The Morgan fingerprint density at radius 1 is 1.33 bits per heavy atom. The van der Waals surface area contributed by atoms with Crippen molar-refractivity contribution in [2.75, 3.05) is 26.2 Å². The van der Waals surface area contributed by atoms with E-state index in [1.54, 1.807) is 11.0 Å². The molecule has 5 nitrogen and oxygen atoms in total. The van der Waals surface area contributed by atoms with Crippen LogP contribution in [0.3, 0.4) is 0 Å². The molecule has 0 aliphatic carbocycles. The lowest BCUT2D eigenvalue weighted by Crippen LogP contribution is -2.54. The van der Waals surface area contributed by atoms with Crippen molar-refractivity contribution in [3.8, 4) is 0 Å². The van der Waals surface area contributed by atoms with Gasteiger partial charge < -0.3 is 15.5 Å². The zero-order chi connectivity index (χ0) is 17.1. The van der Waals surface area contributed by atoms with Crippen LogP contribution in [0.4, 0.5) is 4.39 Å². The summed E-state index contributed by atoms with van der Waals surface area (Å²) in [5.74, 6) is -0.391. The topological polar surface area (TPSA) is 61.4 Å². The molecule has 24 heavy (non-hydrogen) atoms. The van der Waals surface area contributed by atoms with E-state index < -0.39 is 11.9 Å². The van der Waals surface area contributed by atoms with Gasteiger partial charge in [0.05, 0.1) is 4.47 Å². The predicted molar refractivity (Wildman–Crippen MR) is 92.1 cm³/mol. The number of halogens is 2. The summed E-state index contributed by atoms with van der Waals surface area (Å²) in [6.45, 7) is 3.01. The quantitative estimate of drug-likeness (QED) is 0.815. The van der Waals surface area contributed by atoms with Crippen molar-refractivity contribution in [3.05, 3.63) is 34.1 Å². The zero-order valence-corrected chi connectivity index (χ0v) is 14.9. The highest BCUT2D eigenvalue weighted by molar-refractivity contribution is 9.10. The summed E-state index contributed by atoms with van der Waals surface area (Å²) in [4.78, 5) is 26.8. The number of benzene rings is 1. The Morgan fingerprint density at radius 2 is 2.12 bits per heavy atom. The van der Waals surface area contributed by atoms with E-state index in [0.717, 1.165) is 25.9 Å². The van der Waals surface area contributed by atoms with Gasteiger partial charge in [-0.25, -0.2) is 4.39 Å². The fourth-order valence-electron chi connectivity index (χ4n) is 3.10. The molecule has 130 valence electrons. The Kier molecular flexibility index (Phi) is 5.50. The predicted octanol–water partition coefficient (Wildman–Crippen LogP) is 1.92. The highest BCUT2D eigenvalue weighted by atomic mass is 79.9. The number of nitrogens with one attached hydrogen (secondary N) is 2. The number of amides is 2. The lowest BCUT2D eigenvalue weighted by Gasteiger charge is -2.35. The van der Waals surface area contributed by atoms with Gasteiger partial charge in [0.15, 0.2) is 0 Å². The van der Waals surface area contributed by atoms with Crippen LogP contribution in [0.5, 0.6) is 0 Å². The first-order chi connectivity index (χ1) is 11.6. The molecule has 1 atom stereocenters. The summed E-state index contributed by atoms with van der Waals surface area (Å²) in [5.41, 5.74) is 0.276. The van der Waals surface area contributed by atoms with E-state index in [1.165, 1.54) is 12.1 Å². The SMILES string of the molecule is O=C(NCC1CNC1)C1CCCCN1C(=O)c1ccc(Br)c(F)c1. The van der Waals surface area contributed by atoms with E-state index in [1.807, 2.05) is 0 Å². The number of rotatable bonds is 4. The van der Waals surface area contributed by atoms with Gasteiger partial charge in [-0.15, -0.1) is 0 Å². The van der Waals surface area contributed by atoms with Crippen molar-refractivity contribution in [1.29, 1.82) is 0 Å². The largest absolute Gasteiger partial charge is 0.354 e. The molecule has 2 heterocycles. The van der Waals surface area contributed by atoms with Gasteiger partial charge in [-0.05, 0) is 53.4 Å². The van der Waals surface area contributed by atoms with Gasteiger partial charge in [0.25, 0.3) is 5.91 Å². The first kappa shape index (κ1) is 17.4. The Balaban J connectivity index is 1.69. The van der Waals surface area contributed by atoms with Crippen LogP contribution in [0.2, 0.25) is 0 Å². The number of hydrogen-bond donors (Lipinski definition) is 2. The molecular formula is C17H21BrFN3O2. The fourth-order valence-corrected chi connectivity index (χ4v) is 3.34. The van der Waals surface area contributed by atoms with Crippen LogP contribution in [0.1, 0.15) is 29.6 Å². The molecule has 2 aliphatic rings. The molecule has 1 aromatic carbocycles. The normalized spacial score (nSPS) is 21.2. The first-order valence-electron chi connectivity index (χ1n) is 8.30. The maximum absolute atomic E-state index is 13.7. The number of carbonyl (C=O) groups excluding carboxylic acids is 2. The third-order valence-corrected chi connectivity index (χ3v) is 5.31. The standard InChI is InChI=1S/C17H21BrFN3O2/c18-13-5-4-12(7-14(13)19)17(24)22-6-2-1-3-15(22)16(23)21-10-11-8-20-9-11/h4-5,7,11,15,20H,1-3,6,8-10H2,(H,21,23). The summed E-state index contributed by atoms with van der Waals surface area (Å²) < 4.78 is 14.0. The molecule has 2 amide bonds. The molecule has 7 heteroatoms. The molecule has 0 bridgehead atoms. The minimum absolute atomic E-state index is 0.104. The second kappa shape index (κ2) is 7.61. The molecule has 2 aliphatic heterocycles. The van der Waals surface area contributed by atoms with E-state index in [-0.39, 0.29) is 17.4 Å². The van der Waals surface area contributed by atoms with Crippen LogP contribution in [0.15, 0.2) is 22.7 Å². The van der Waals surface area contributed by atoms with Gasteiger partial charge >= 0.3 is 0 Å². The molecule has 2 fully saturated rings. The van der Waals surface area contributed by atoms with E-state index in [4.69, 9.17) is 0 Å². The minimum atomic E-state index is -0.476. The molecule has 2 N–H and O–H groups in total. The van der Waals surface area contributed by atoms with Gasteiger partial charge in [-0.2, -0.15) is 0 Å². The minimum Gasteiger partial charge on any atom is -0.354 e. The maximum atomic E-state index is 13.7. The van der Waals surface area contributed by atoms with Crippen LogP contribution in [-0.2, 0) is 4.79 Å². The van der Waals surface area contributed by atoms with Crippen molar-refractivity contribution in [1.82, 2.24) is 15.5 Å². The van der Waals surface area contributed by atoms with Crippen molar-refractivity contribution in [3.63, 3.8) is 0 Å². The Bertz CT molecular complexity index is 636. The summed E-state index contributed by atoms with van der Waals surface area (Å²) in [5, 5.41) is 6.12. The third kappa shape index (κ3) is 3.78. The number of hydrogen-bond acceptors (Lipinski definition) is 3. The van der Waals surface area contributed by atoms with Gasteiger partial charge in [0.1, 0.15) is 11.9 Å². The number of likely N-dealkylation sites (tertiary alicyclic amines) is 1. The van der Waals surface area contributed by atoms with Gasteiger partial charge in [-0.1, -0.05) is 0 Å². The number of nitrogens with zero attached hydrogens (tertiary/aromatic N) is 1. The van der Waals surface area contributed by atoms with E-state index in [2.05, 4.69) is 26.6 Å². The van der Waals surface area contributed by atoms with Crippen molar-refractivity contribution in [2.24, 2.45) is 5.92 Å². The average molecular weight is 398 g/mol. The van der Waals surface area contributed by atoms with Crippen molar-refractivity contribution < 1.29 is 14.0 Å². The third-order valence-electron chi connectivity index (χ3n) is 4.66. The molecule has 0 aromatic heterocycles. The monoisotopic (exact) mass is 397 g/mol. The van der Waals surface area contributed by atoms with Gasteiger partial charge in [0, 0.05) is 37.7 Å². The number of carbonyl (C=O) groups is 2. The smallest absolute Gasteiger partial charge is 0.254 e. The van der Waals surface area contributed by atoms with Crippen LogP contribution in [-0.4, -0.2) is 48.9 Å². The molecular weight excluding hydrogens is 377 g/mol. The summed E-state index contributed by atoms with van der Waals surface area (Å²) in [6.07, 6.45) is 2.43. The molecule has 1 aromatic rings.